The molecule has 1 fully saturated rings. The highest BCUT2D eigenvalue weighted by Gasteiger charge is 2.31. The van der Waals surface area contributed by atoms with Crippen molar-refractivity contribution in [1.29, 1.82) is 5.26 Å². The number of aromatic nitrogens is 3. The number of carbonyl (C=O) groups excluding carboxylic acids is 1. The van der Waals surface area contributed by atoms with E-state index >= 15 is 0 Å². The number of rotatable bonds is 4. The van der Waals surface area contributed by atoms with Crippen LogP contribution in [-0.2, 0) is 16.1 Å². The van der Waals surface area contributed by atoms with Gasteiger partial charge in [0, 0.05) is 42.1 Å². The topological polar surface area (TPSA) is 107 Å². The molecule has 0 spiro atoms. The summed E-state index contributed by atoms with van der Waals surface area (Å²) in [5.74, 6) is -0.158. The second-order valence-electron chi connectivity index (χ2n) is 6.81. The molecule has 0 bridgehead atoms. The molecule has 0 radical (unpaired) electrons. The molecule has 28 heavy (non-hydrogen) atoms. The van der Waals surface area contributed by atoms with E-state index in [4.69, 9.17) is 4.74 Å². The smallest absolute Gasteiger partial charge is 0.251 e. The van der Waals surface area contributed by atoms with E-state index in [9.17, 15) is 10.1 Å². The summed E-state index contributed by atoms with van der Waals surface area (Å²) in [6.07, 6.45) is 4.40. The first kappa shape index (κ1) is 17.9. The van der Waals surface area contributed by atoms with E-state index in [0.717, 1.165) is 16.6 Å². The van der Waals surface area contributed by atoms with Gasteiger partial charge in [0.1, 0.15) is 6.07 Å². The second kappa shape index (κ2) is 7.66. The van der Waals surface area contributed by atoms with Crippen LogP contribution in [0, 0.1) is 11.3 Å². The molecule has 0 unspecified atom stereocenters. The summed E-state index contributed by atoms with van der Waals surface area (Å²) in [5, 5.41) is 19.7. The molecule has 1 saturated heterocycles. The Labute approximate surface area is 162 Å². The summed E-state index contributed by atoms with van der Waals surface area (Å²) in [7, 11) is 0. The minimum atomic E-state index is -0.585. The highest BCUT2D eigenvalue weighted by molar-refractivity contribution is 5.95. The minimum Gasteiger partial charge on any atom is -0.365 e. The van der Waals surface area contributed by atoms with Gasteiger partial charge in [0.05, 0.1) is 29.9 Å². The van der Waals surface area contributed by atoms with Gasteiger partial charge in [-0.05, 0) is 31.2 Å². The van der Waals surface area contributed by atoms with Gasteiger partial charge < -0.3 is 15.0 Å². The summed E-state index contributed by atoms with van der Waals surface area (Å²) in [6.45, 7) is 3.43. The van der Waals surface area contributed by atoms with Crippen molar-refractivity contribution < 1.29 is 9.53 Å². The number of pyridine rings is 1. The highest BCUT2D eigenvalue weighted by atomic mass is 16.5. The fourth-order valence-corrected chi connectivity index (χ4v) is 3.49. The van der Waals surface area contributed by atoms with Gasteiger partial charge in [-0.15, -0.1) is 0 Å². The van der Waals surface area contributed by atoms with E-state index < -0.39 is 6.10 Å². The molecule has 0 aliphatic carbocycles. The molecule has 1 aliphatic heterocycles. The molecule has 1 amide bonds. The number of nitrogens with zero attached hydrogens (tertiary/aromatic N) is 4. The number of nitrogens with one attached hydrogen (secondary N) is 2. The van der Waals surface area contributed by atoms with Crippen molar-refractivity contribution in [1.82, 2.24) is 20.5 Å². The van der Waals surface area contributed by atoms with E-state index in [1.807, 2.05) is 25.1 Å². The predicted molar refractivity (Wildman–Crippen MR) is 103 cm³/mol. The second-order valence-corrected chi connectivity index (χ2v) is 6.81. The third-order valence-corrected chi connectivity index (χ3v) is 4.78. The van der Waals surface area contributed by atoms with Crippen LogP contribution in [0.15, 0.2) is 42.9 Å². The average Bonchev–Trinajstić information content (AvgIpc) is 3.24. The Balaban J connectivity index is 1.56. The third-order valence-electron chi connectivity index (χ3n) is 4.78. The number of aromatic amines is 1. The van der Waals surface area contributed by atoms with Gasteiger partial charge in [-0.25, -0.2) is 0 Å². The van der Waals surface area contributed by atoms with Gasteiger partial charge >= 0.3 is 0 Å². The molecule has 0 saturated carbocycles. The number of hydrogen-bond donors (Lipinski definition) is 2. The van der Waals surface area contributed by atoms with E-state index in [-0.39, 0.29) is 12.0 Å². The average molecular weight is 376 g/mol. The number of ether oxygens (including phenoxy) is 1. The summed E-state index contributed by atoms with van der Waals surface area (Å²) < 4.78 is 5.88. The molecule has 3 aromatic rings. The molecule has 2 N–H and O–H groups in total. The van der Waals surface area contributed by atoms with Crippen LogP contribution in [0.1, 0.15) is 18.1 Å². The minimum absolute atomic E-state index is 0.110. The number of carbonyl (C=O) groups is 1. The van der Waals surface area contributed by atoms with Crippen molar-refractivity contribution in [3.63, 3.8) is 0 Å². The Kier molecular flexibility index (Phi) is 4.91. The molecule has 4 rings (SSSR count). The maximum atomic E-state index is 12.6. The number of H-pyrrole nitrogens is 1. The number of hydrogen-bond acceptors (Lipinski definition) is 6. The summed E-state index contributed by atoms with van der Waals surface area (Å²) in [5.41, 5.74) is 3.06. The lowest BCUT2D eigenvalue weighted by Crippen LogP contribution is -2.52. The zero-order chi connectivity index (χ0) is 19.5. The van der Waals surface area contributed by atoms with E-state index in [1.165, 1.54) is 0 Å². The Morgan fingerprint density at radius 2 is 2.32 bits per heavy atom. The first-order chi connectivity index (χ1) is 13.7. The van der Waals surface area contributed by atoms with Gasteiger partial charge in [-0.3, -0.25) is 14.9 Å². The fraction of sp³-hybridized carbons (Fsp3) is 0.300. The molecule has 1 aromatic carbocycles. The maximum Gasteiger partial charge on any atom is 0.251 e. The first-order valence-corrected chi connectivity index (χ1v) is 9.09. The van der Waals surface area contributed by atoms with E-state index in [1.54, 1.807) is 24.7 Å². The molecule has 8 heteroatoms. The van der Waals surface area contributed by atoms with Crippen LogP contribution >= 0.6 is 0 Å². The van der Waals surface area contributed by atoms with Crippen molar-refractivity contribution in [2.45, 2.75) is 25.7 Å². The number of morpholine rings is 1. The van der Waals surface area contributed by atoms with Gasteiger partial charge in [-0.2, -0.15) is 10.4 Å². The molecule has 3 heterocycles. The summed E-state index contributed by atoms with van der Waals surface area (Å²) >= 11 is 0. The van der Waals surface area contributed by atoms with Crippen molar-refractivity contribution >= 4 is 22.5 Å². The number of nitriles is 1. The molecular formula is C20H20N6O2. The maximum absolute atomic E-state index is 12.6. The van der Waals surface area contributed by atoms with E-state index in [2.05, 4.69) is 31.5 Å². The molecular weight excluding hydrogens is 356 g/mol. The zero-order valence-corrected chi connectivity index (χ0v) is 15.4. The number of anilines is 1. The van der Waals surface area contributed by atoms with Crippen molar-refractivity contribution in [3.05, 3.63) is 54.0 Å². The molecule has 8 nitrogen and oxygen atoms in total. The highest BCUT2D eigenvalue weighted by Crippen LogP contribution is 2.30. The molecule has 2 atom stereocenters. The Hall–Kier alpha value is -3.44. The normalized spacial score (nSPS) is 19.4. The van der Waals surface area contributed by atoms with Crippen LogP contribution < -0.4 is 10.2 Å². The lowest BCUT2D eigenvalue weighted by atomic mass is 10.1. The van der Waals surface area contributed by atoms with Crippen LogP contribution in [0.25, 0.3) is 10.9 Å². The summed E-state index contributed by atoms with van der Waals surface area (Å²) in [4.78, 5) is 19.1. The predicted octanol–water partition coefficient (Wildman–Crippen LogP) is 1.74. The zero-order valence-electron chi connectivity index (χ0n) is 15.4. The Bertz CT molecular complexity index is 1030. The van der Waals surface area contributed by atoms with Gasteiger partial charge in [-0.1, -0.05) is 0 Å². The van der Waals surface area contributed by atoms with Crippen LogP contribution in [-0.4, -0.2) is 46.4 Å². The van der Waals surface area contributed by atoms with Gasteiger partial charge in [0.25, 0.3) is 5.91 Å². The van der Waals surface area contributed by atoms with Gasteiger partial charge in [0.15, 0.2) is 6.10 Å². The van der Waals surface area contributed by atoms with Crippen molar-refractivity contribution in [2.24, 2.45) is 0 Å². The van der Waals surface area contributed by atoms with Crippen molar-refractivity contribution in [2.75, 3.05) is 18.0 Å². The largest absolute Gasteiger partial charge is 0.365 e. The lowest BCUT2D eigenvalue weighted by molar-refractivity contribution is -0.137. The molecule has 142 valence electrons. The molecule has 1 aliphatic rings. The first-order valence-electron chi connectivity index (χ1n) is 9.09. The summed E-state index contributed by atoms with van der Waals surface area (Å²) in [6, 6.07) is 9.69. The standard InChI is InChI=1S/C20H20N6O2/c1-13-11-26(12-18(28-13)20(27)23-8-14-9-24-25-10-14)17-5-4-15(7-21)19-16(17)3-2-6-22-19/h2-6,9-10,13,18H,8,11-12H2,1H3,(H,23,27)(H,24,25)/t13-,18-/m1/s1. The molecule has 2 aromatic heterocycles. The number of fused-ring (bicyclic) bond motifs is 1. The monoisotopic (exact) mass is 376 g/mol. The van der Waals surface area contributed by atoms with Crippen LogP contribution in [0.3, 0.4) is 0 Å². The number of amides is 1. The fourth-order valence-electron chi connectivity index (χ4n) is 3.49. The van der Waals surface area contributed by atoms with E-state index in [0.29, 0.717) is 30.7 Å². The Morgan fingerprint density at radius 1 is 1.43 bits per heavy atom. The van der Waals surface area contributed by atoms with Crippen LogP contribution in [0.2, 0.25) is 0 Å². The third kappa shape index (κ3) is 3.52. The van der Waals surface area contributed by atoms with Crippen LogP contribution in [0.5, 0.6) is 0 Å². The Morgan fingerprint density at radius 3 is 3.11 bits per heavy atom. The number of benzene rings is 1. The lowest BCUT2D eigenvalue weighted by Gasteiger charge is -2.38. The SMILES string of the molecule is C[C@@H]1CN(c2ccc(C#N)c3ncccc23)C[C@H](C(=O)NCc2cn[nH]c2)O1. The van der Waals surface area contributed by atoms with Crippen molar-refractivity contribution in [3.8, 4) is 6.07 Å². The van der Waals surface area contributed by atoms with Gasteiger partial charge in [0.2, 0.25) is 0 Å². The van der Waals surface area contributed by atoms with Crippen LogP contribution in [0.4, 0.5) is 5.69 Å². The quantitative estimate of drug-likeness (QED) is 0.718.